The molecule has 0 spiro atoms. The monoisotopic (exact) mass is 342 g/mol. The number of nitrogens with zero attached hydrogens (tertiary/aromatic N) is 4. The van der Waals surface area contributed by atoms with Gasteiger partial charge in [0.15, 0.2) is 11.4 Å². The van der Waals surface area contributed by atoms with E-state index < -0.39 is 0 Å². The van der Waals surface area contributed by atoms with E-state index >= 15 is 0 Å². The second-order valence-corrected chi connectivity index (χ2v) is 6.26. The minimum absolute atomic E-state index is 0.0805. The normalized spacial score (nSPS) is 10.8. The van der Waals surface area contributed by atoms with E-state index in [1.54, 1.807) is 16.9 Å². The van der Waals surface area contributed by atoms with Gasteiger partial charge in [0.25, 0.3) is 0 Å². The lowest BCUT2D eigenvalue weighted by molar-refractivity contribution is 0.104. The number of rotatable bonds is 4. The lowest BCUT2D eigenvalue weighted by atomic mass is 10.1. The third-order valence-electron chi connectivity index (χ3n) is 4.36. The quantitative estimate of drug-likeness (QED) is 0.531. The Morgan fingerprint density at radius 1 is 0.962 bits per heavy atom. The Morgan fingerprint density at radius 2 is 1.69 bits per heavy atom. The van der Waals surface area contributed by atoms with Crippen LogP contribution in [0.25, 0.3) is 16.9 Å². The van der Waals surface area contributed by atoms with Gasteiger partial charge in [-0.3, -0.25) is 4.79 Å². The molecule has 5 nitrogen and oxygen atoms in total. The number of hydrogen-bond acceptors (Lipinski definition) is 4. The van der Waals surface area contributed by atoms with E-state index in [-0.39, 0.29) is 5.78 Å². The van der Waals surface area contributed by atoms with Crippen molar-refractivity contribution in [1.29, 1.82) is 0 Å². The Kier molecular flexibility index (Phi) is 3.97. The van der Waals surface area contributed by atoms with Crippen LogP contribution in [0.15, 0.2) is 73.1 Å². The smallest absolute Gasteiger partial charge is 0.198 e. The fourth-order valence-electron chi connectivity index (χ4n) is 2.95. The van der Waals surface area contributed by atoms with Crippen LogP contribution in [0.3, 0.4) is 0 Å². The van der Waals surface area contributed by atoms with Crippen LogP contribution in [0, 0.1) is 0 Å². The highest BCUT2D eigenvalue weighted by molar-refractivity contribution is 6.12. The van der Waals surface area contributed by atoms with Crippen molar-refractivity contribution in [1.82, 2.24) is 14.6 Å². The predicted molar refractivity (Wildman–Crippen MR) is 103 cm³/mol. The molecule has 2 aromatic heterocycles. The first kappa shape index (κ1) is 16.0. The molecule has 0 radical (unpaired) electrons. The second kappa shape index (κ2) is 6.44. The summed E-state index contributed by atoms with van der Waals surface area (Å²) in [5.41, 5.74) is 4.66. The zero-order valence-electron chi connectivity index (χ0n) is 14.6. The van der Waals surface area contributed by atoms with E-state index in [0.717, 1.165) is 16.9 Å². The van der Waals surface area contributed by atoms with Gasteiger partial charge in [-0.2, -0.15) is 5.10 Å². The molecule has 0 atom stereocenters. The third-order valence-corrected chi connectivity index (χ3v) is 4.36. The standard InChI is InChI=1S/C21H18N4O/c1-24(2)17-10-8-16(9-11-17)20(26)18-14-23-25-19(12-13-22-21(18)25)15-6-4-3-5-7-15/h3-14H,1-2H3. The number of anilines is 1. The van der Waals surface area contributed by atoms with E-state index in [0.29, 0.717) is 16.8 Å². The first-order valence-electron chi connectivity index (χ1n) is 8.35. The molecule has 4 rings (SSSR count). The first-order valence-corrected chi connectivity index (χ1v) is 8.35. The summed E-state index contributed by atoms with van der Waals surface area (Å²) in [6.45, 7) is 0. The van der Waals surface area contributed by atoms with Crippen LogP contribution in [-0.4, -0.2) is 34.5 Å². The van der Waals surface area contributed by atoms with Crippen molar-refractivity contribution < 1.29 is 4.79 Å². The van der Waals surface area contributed by atoms with Crippen LogP contribution in [-0.2, 0) is 0 Å². The molecule has 0 aliphatic heterocycles. The second-order valence-electron chi connectivity index (χ2n) is 6.26. The lowest BCUT2D eigenvalue weighted by Crippen LogP contribution is -2.09. The number of ketones is 1. The molecule has 0 N–H and O–H groups in total. The molecule has 2 aromatic carbocycles. The first-order chi connectivity index (χ1) is 12.6. The fourth-order valence-corrected chi connectivity index (χ4v) is 2.95. The molecule has 4 aromatic rings. The van der Waals surface area contributed by atoms with Crippen LogP contribution in [0.2, 0.25) is 0 Å². The van der Waals surface area contributed by atoms with Crippen LogP contribution in [0.5, 0.6) is 0 Å². The number of fused-ring (bicyclic) bond motifs is 1. The molecular weight excluding hydrogens is 324 g/mol. The third kappa shape index (κ3) is 2.73. The molecule has 0 saturated carbocycles. The summed E-state index contributed by atoms with van der Waals surface area (Å²) >= 11 is 0. The molecular formula is C21H18N4O. The summed E-state index contributed by atoms with van der Waals surface area (Å²) in [6.07, 6.45) is 3.31. The van der Waals surface area contributed by atoms with Crippen molar-refractivity contribution in [2.45, 2.75) is 0 Å². The van der Waals surface area contributed by atoms with Gasteiger partial charge < -0.3 is 4.90 Å². The molecule has 5 heteroatoms. The maximum Gasteiger partial charge on any atom is 0.198 e. The molecule has 2 heterocycles. The summed E-state index contributed by atoms with van der Waals surface area (Å²) in [4.78, 5) is 19.3. The Labute approximate surface area is 151 Å². The van der Waals surface area contributed by atoms with Crippen LogP contribution in [0.4, 0.5) is 5.69 Å². The molecule has 26 heavy (non-hydrogen) atoms. The Hall–Kier alpha value is -3.47. The van der Waals surface area contributed by atoms with Gasteiger partial charge in [-0.1, -0.05) is 30.3 Å². The summed E-state index contributed by atoms with van der Waals surface area (Å²) in [5, 5.41) is 4.41. The van der Waals surface area contributed by atoms with E-state index in [2.05, 4.69) is 10.1 Å². The molecule has 0 amide bonds. The number of carbonyl (C=O) groups excluding carboxylic acids is 1. The Balaban J connectivity index is 1.77. The highest BCUT2D eigenvalue weighted by Crippen LogP contribution is 2.22. The van der Waals surface area contributed by atoms with E-state index in [1.165, 1.54) is 0 Å². The van der Waals surface area contributed by atoms with E-state index in [9.17, 15) is 4.79 Å². The zero-order valence-corrected chi connectivity index (χ0v) is 14.6. The largest absolute Gasteiger partial charge is 0.378 e. The molecule has 128 valence electrons. The van der Waals surface area contributed by atoms with E-state index in [1.807, 2.05) is 79.7 Å². The number of hydrogen-bond donors (Lipinski definition) is 0. The van der Waals surface area contributed by atoms with Crippen LogP contribution in [0.1, 0.15) is 15.9 Å². The number of aromatic nitrogens is 3. The zero-order chi connectivity index (χ0) is 18.1. The van der Waals surface area contributed by atoms with Crippen molar-refractivity contribution in [2.24, 2.45) is 0 Å². The molecule has 0 aliphatic rings. The van der Waals surface area contributed by atoms with Crippen molar-refractivity contribution >= 4 is 17.1 Å². The predicted octanol–water partition coefficient (Wildman–Crippen LogP) is 3.69. The summed E-state index contributed by atoms with van der Waals surface area (Å²) < 4.78 is 1.72. The molecule has 0 saturated heterocycles. The maximum atomic E-state index is 12.9. The molecule has 0 bridgehead atoms. The summed E-state index contributed by atoms with van der Waals surface area (Å²) in [7, 11) is 3.94. The summed E-state index contributed by atoms with van der Waals surface area (Å²) in [6, 6.07) is 19.4. The van der Waals surface area contributed by atoms with Crippen LogP contribution >= 0.6 is 0 Å². The fraction of sp³-hybridized carbons (Fsp3) is 0.0952. The minimum Gasteiger partial charge on any atom is -0.378 e. The Bertz CT molecular complexity index is 1070. The summed E-state index contributed by atoms with van der Waals surface area (Å²) in [5.74, 6) is -0.0805. The van der Waals surface area contributed by atoms with Crippen molar-refractivity contribution in [3.8, 4) is 11.3 Å². The maximum absolute atomic E-state index is 12.9. The number of carbonyl (C=O) groups is 1. The average Bonchev–Trinajstić information content (AvgIpc) is 3.12. The molecule has 0 aliphatic carbocycles. The highest BCUT2D eigenvalue weighted by atomic mass is 16.1. The Morgan fingerprint density at radius 3 is 2.38 bits per heavy atom. The van der Waals surface area contributed by atoms with Crippen LogP contribution < -0.4 is 4.90 Å². The SMILES string of the molecule is CN(C)c1ccc(C(=O)c2cnn3c(-c4ccccc4)ccnc23)cc1. The molecule has 0 fully saturated rings. The van der Waals surface area contributed by atoms with Gasteiger partial charge in [0.2, 0.25) is 0 Å². The van der Waals surface area contributed by atoms with Gasteiger partial charge in [0.05, 0.1) is 17.5 Å². The van der Waals surface area contributed by atoms with Gasteiger partial charge >= 0.3 is 0 Å². The van der Waals surface area contributed by atoms with Crippen molar-refractivity contribution in [3.63, 3.8) is 0 Å². The van der Waals surface area contributed by atoms with Gasteiger partial charge in [0, 0.05) is 37.1 Å². The van der Waals surface area contributed by atoms with Crippen molar-refractivity contribution in [3.05, 3.63) is 84.2 Å². The highest BCUT2D eigenvalue weighted by Gasteiger charge is 2.17. The van der Waals surface area contributed by atoms with Gasteiger partial charge in [0.1, 0.15) is 0 Å². The van der Waals surface area contributed by atoms with Gasteiger partial charge in [-0.15, -0.1) is 0 Å². The number of benzene rings is 2. The average molecular weight is 342 g/mol. The molecule has 0 unspecified atom stereocenters. The minimum atomic E-state index is -0.0805. The van der Waals surface area contributed by atoms with Gasteiger partial charge in [-0.25, -0.2) is 9.50 Å². The lowest BCUT2D eigenvalue weighted by Gasteiger charge is -2.12. The van der Waals surface area contributed by atoms with Gasteiger partial charge in [-0.05, 0) is 30.3 Å². The topological polar surface area (TPSA) is 50.5 Å². The van der Waals surface area contributed by atoms with Crippen molar-refractivity contribution in [2.75, 3.05) is 19.0 Å². The van der Waals surface area contributed by atoms with E-state index in [4.69, 9.17) is 0 Å².